The number of carbonyl (C=O) groups excluding carboxylic acids is 2. The number of amides is 2. The topological polar surface area (TPSA) is 61.9 Å². The fourth-order valence-electron chi connectivity index (χ4n) is 5.01. The van der Waals surface area contributed by atoms with E-state index in [0.29, 0.717) is 56.2 Å². The zero-order valence-corrected chi connectivity index (χ0v) is 18.2. The van der Waals surface area contributed by atoms with E-state index in [1.165, 1.54) is 12.8 Å². The summed E-state index contributed by atoms with van der Waals surface area (Å²) in [5.74, 6) is 1.53. The van der Waals surface area contributed by atoms with Gasteiger partial charge in [-0.05, 0) is 56.2 Å². The molecule has 3 aliphatic heterocycles. The number of hydrogen-bond donors (Lipinski definition) is 1. The van der Waals surface area contributed by atoms with Crippen LogP contribution in [0, 0.1) is 12.8 Å². The Bertz CT molecular complexity index is 737. The third kappa shape index (κ3) is 4.86. The van der Waals surface area contributed by atoms with E-state index in [0.717, 1.165) is 24.2 Å². The summed E-state index contributed by atoms with van der Waals surface area (Å²) in [6.07, 6.45) is 5.46. The molecule has 3 fully saturated rings. The average molecular weight is 422 g/mol. The van der Waals surface area contributed by atoms with Crippen LogP contribution < -0.4 is 10.1 Å². The molecule has 0 saturated carbocycles. The molecule has 3 saturated heterocycles. The van der Waals surface area contributed by atoms with Crippen molar-refractivity contribution in [2.24, 2.45) is 5.92 Å². The van der Waals surface area contributed by atoms with Gasteiger partial charge in [0.1, 0.15) is 5.75 Å². The van der Waals surface area contributed by atoms with Gasteiger partial charge in [-0.1, -0.05) is 6.07 Å². The molecule has 2 atom stereocenters. The normalized spacial score (nSPS) is 26.1. The van der Waals surface area contributed by atoms with Gasteiger partial charge >= 0.3 is 0 Å². The van der Waals surface area contributed by atoms with Crippen LogP contribution in [0.5, 0.6) is 5.75 Å². The molecule has 3 heterocycles. The van der Waals surface area contributed by atoms with Gasteiger partial charge in [0, 0.05) is 50.2 Å². The number of methoxy groups -OCH3 is 1. The van der Waals surface area contributed by atoms with Crippen LogP contribution in [-0.4, -0.2) is 67.0 Å². The molecule has 6 nitrogen and oxygen atoms in total. The quantitative estimate of drug-likeness (QED) is 0.811. The molecule has 7 heteroatoms. The lowest BCUT2D eigenvalue weighted by Gasteiger charge is -2.36. The molecule has 1 N–H and O–H groups in total. The lowest BCUT2D eigenvalue weighted by molar-refractivity contribution is -0.134. The third-order valence-corrected chi connectivity index (χ3v) is 6.61. The van der Waals surface area contributed by atoms with Crippen molar-refractivity contribution in [3.8, 4) is 5.75 Å². The van der Waals surface area contributed by atoms with Crippen molar-refractivity contribution in [3.63, 3.8) is 0 Å². The fourth-order valence-corrected chi connectivity index (χ4v) is 5.01. The summed E-state index contributed by atoms with van der Waals surface area (Å²) in [6, 6.07) is 6.82. The number of carbonyl (C=O) groups is 2. The van der Waals surface area contributed by atoms with Crippen molar-refractivity contribution in [1.29, 1.82) is 0 Å². The number of rotatable bonds is 4. The predicted octanol–water partition coefficient (Wildman–Crippen LogP) is 2.63. The van der Waals surface area contributed by atoms with Crippen molar-refractivity contribution in [2.75, 3.05) is 33.3 Å². The molecule has 29 heavy (non-hydrogen) atoms. The second-order valence-electron chi connectivity index (χ2n) is 8.54. The number of ether oxygens (including phenoxy) is 1. The van der Waals surface area contributed by atoms with Crippen LogP contribution in [0.3, 0.4) is 0 Å². The minimum Gasteiger partial charge on any atom is -0.496 e. The van der Waals surface area contributed by atoms with E-state index < -0.39 is 0 Å². The van der Waals surface area contributed by atoms with Crippen molar-refractivity contribution in [1.82, 2.24) is 15.1 Å². The Labute approximate surface area is 179 Å². The van der Waals surface area contributed by atoms with Gasteiger partial charge in [0.05, 0.1) is 7.11 Å². The lowest BCUT2D eigenvalue weighted by atomic mass is 9.89. The Morgan fingerprint density at radius 2 is 1.69 bits per heavy atom. The smallest absolute Gasteiger partial charge is 0.254 e. The van der Waals surface area contributed by atoms with Gasteiger partial charge < -0.3 is 19.9 Å². The maximum absolute atomic E-state index is 12.8. The Hall–Kier alpha value is -1.79. The van der Waals surface area contributed by atoms with Crippen LogP contribution in [0.25, 0.3) is 0 Å². The van der Waals surface area contributed by atoms with Crippen molar-refractivity contribution < 1.29 is 14.3 Å². The van der Waals surface area contributed by atoms with E-state index in [4.69, 9.17) is 4.74 Å². The van der Waals surface area contributed by atoms with E-state index in [2.05, 4.69) is 5.32 Å². The maximum atomic E-state index is 12.8. The van der Waals surface area contributed by atoms with E-state index in [1.807, 2.05) is 28.9 Å². The van der Waals surface area contributed by atoms with Crippen LogP contribution in [0.1, 0.15) is 48.0 Å². The van der Waals surface area contributed by atoms with Gasteiger partial charge in [-0.3, -0.25) is 9.59 Å². The number of hydrogen-bond acceptors (Lipinski definition) is 4. The standard InChI is InChI=1S/C22H31N3O3.ClH/c1-15-3-4-17(14-20(15)28-2)22(27)25-9-7-24(8-10-25)21(26)13-16-11-18-5-6-19(12-16)23-18;/h3-4,14,16,18-19,23H,5-13H2,1-2H3;1H. The SMILES string of the molecule is COc1cc(C(=O)N2CCN(C(=O)CC3CC4CCC(C3)N4)CC2)ccc1C.Cl. The Morgan fingerprint density at radius 3 is 2.31 bits per heavy atom. The van der Waals surface area contributed by atoms with Crippen LogP contribution >= 0.6 is 12.4 Å². The van der Waals surface area contributed by atoms with Gasteiger partial charge in [-0.2, -0.15) is 0 Å². The summed E-state index contributed by atoms with van der Waals surface area (Å²) in [5.41, 5.74) is 1.66. The molecule has 2 unspecified atom stereocenters. The first-order valence-electron chi connectivity index (χ1n) is 10.5. The first-order chi connectivity index (χ1) is 13.5. The second-order valence-corrected chi connectivity index (χ2v) is 8.54. The number of halogens is 1. The highest BCUT2D eigenvalue weighted by Gasteiger charge is 2.35. The molecule has 4 rings (SSSR count). The summed E-state index contributed by atoms with van der Waals surface area (Å²) in [6.45, 7) is 4.42. The first-order valence-corrected chi connectivity index (χ1v) is 10.5. The van der Waals surface area contributed by atoms with Gasteiger partial charge in [0.25, 0.3) is 5.91 Å². The number of piperidine rings is 1. The molecule has 2 amide bonds. The van der Waals surface area contributed by atoms with Crippen molar-refractivity contribution in [2.45, 2.75) is 51.1 Å². The highest BCUT2D eigenvalue weighted by Crippen LogP contribution is 2.33. The number of nitrogens with zero attached hydrogens (tertiary/aromatic N) is 2. The molecule has 3 aliphatic rings. The predicted molar refractivity (Wildman–Crippen MR) is 115 cm³/mol. The largest absolute Gasteiger partial charge is 0.496 e. The molecule has 160 valence electrons. The summed E-state index contributed by atoms with van der Waals surface area (Å²) < 4.78 is 5.34. The van der Waals surface area contributed by atoms with Crippen molar-refractivity contribution in [3.05, 3.63) is 29.3 Å². The Morgan fingerprint density at radius 1 is 1.07 bits per heavy atom. The molecule has 0 aromatic heterocycles. The maximum Gasteiger partial charge on any atom is 0.254 e. The molecular formula is C22H32ClN3O3. The summed E-state index contributed by atoms with van der Waals surface area (Å²) in [4.78, 5) is 29.4. The molecule has 1 aromatic carbocycles. The van der Waals surface area contributed by atoms with Crippen molar-refractivity contribution >= 4 is 24.2 Å². The molecule has 1 aromatic rings. The Kier molecular flexibility index (Phi) is 7.06. The molecule has 0 radical (unpaired) electrons. The summed E-state index contributed by atoms with van der Waals surface area (Å²) in [7, 11) is 1.62. The highest BCUT2D eigenvalue weighted by molar-refractivity contribution is 5.95. The van der Waals surface area contributed by atoms with E-state index in [-0.39, 0.29) is 24.2 Å². The fraction of sp³-hybridized carbons (Fsp3) is 0.636. The minimum atomic E-state index is 0. The van der Waals surface area contributed by atoms with Crippen LogP contribution in [0.15, 0.2) is 18.2 Å². The zero-order valence-electron chi connectivity index (χ0n) is 17.4. The average Bonchev–Trinajstić information content (AvgIpc) is 3.06. The number of fused-ring (bicyclic) bond motifs is 2. The second kappa shape index (κ2) is 9.35. The number of nitrogens with one attached hydrogen (secondary N) is 1. The third-order valence-electron chi connectivity index (χ3n) is 6.61. The van der Waals surface area contributed by atoms with Crippen LogP contribution in [0.2, 0.25) is 0 Å². The zero-order chi connectivity index (χ0) is 19.7. The molecular weight excluding hydrogens is 390 g/mol. The number of aryl methyl sites for hydroxylation is 1. The summed E-state index contributed by atoms with van der Waals surface area (Å²) in [5, 5.41) is 3.64. The van der Waals surface area contributed by atoms with Crippen LogP contribution in [0.4, 0.5) is 0 Å². The molecule has 0 spiro atoms. The first kappa shape index (κ1) is 21.9. The number of piperazine rings is 1. The molecule has 0 aliphatic carbocycles. The summed E-state index contributed by atoms with van der Waals surface area (Å²) >= 11 is 0. The van der Waals surface area contributed by atoms with E-state index >= 15 is 0 Å². The van der Waals surface area contributed by atoms with Gasteiger partial charge in [0.15, 0.2) is 0 Å². The van der Waals surface area contributed by atoms with Gasteiger partial charge in [0.2, 0.25) is 5.91 Å². The monoisotopic (exact) mass is 421 g/mol. The Balaban J connectivity index is 0.00000240. The molecule has 2 bridgehead atoms. The number of benzene rings is 1. The van der Waals surface area contributed by atoms with Crippen LogP contribution in [-0.2, 0) is 4.79 Å². The lowest BCUT2D eigenvalue weighted by Crippen LogP contribution is -2.51. The highest BCUT2D eigenvalue weighted by atomic mass is 35.5. The van der Waals surface area contributed by atoms with E-state index in [9.17, 15) is 9.59 Å². The van der Waals surface area contributed by atoms with Gasteiger partial charge in [-0.15, -0.1) is 12.4 Å². The van der Waals surface area contributed by atoms with Gasteiger partial charge in [-0.25, -0.2) is 0 Å². The van der Waals surface area contributed by atoms with E-state index in [1.54, 1.807) is 13.2 Å². The minimum absolute atomic E-state index is 0.